The molecule has 0 saturated heterocycles. The first-order chi connectivity index (χ1) is 16.0. The Morgan fingerprint density at radius 2 is 1.46 bits per heavy atom. The van der Waals surface area contributed by atoms with Gasteiger partial charge in [-0.05, 0) is 28.1 Å². The molecule has 0 bridgehead atoms. The van der Waals surface area contributed by atoms with Gasteiger partial charge in [-0.25, -0.2) is 0 Å². The van der Waals surface area contributed by atoms with Gasteiger partial charge in [-0.1, -0.05) is 26.0 Å². The molecule has 192 valence electrons. The number of benzene rings is 2. The van der Waals surface area contributed by atoms with Gasteiger partial charge in [-0.2, -0.15) is 39.4 Å². The van der Waals surface area contributed by atoms with E-state index in [0.717, 1.165) is 0 Å². The zero-order chi connectivity index (χ0) is 26.6. The number of hydrogen-bond acceptors (Lipinski definition) is 6. The van der Waals surface area contributed by atoms with E-state index in [1.165, 1.54) is 36.0 Å². The lowest BCUT2D eigenvalue weighted by molar-refractivity contribution is -0.458. The highest BCUT2D eigenvalue weighted by molar-refractivity contribution is 8.00. The van der Waals surface area contributed by atoms with Crippen LogP contribution in [0.15, 0.2) is 35.2 Å². The molecule has 35 heavy (non-hydrogen) atoms. The number of nitrogens with zero attached hydrogens (tertiary/aromatic N) is 1. The van der Waals surface area contributed by atoms with Gasteiger partial charge in [-0.15, -0.1) is 21.8 Å². The summed E-state index contributed by atoms with van der Waals surface area (Å²) in [7, 11) is 0. The molecule has 5 nitrogen and oxygen atoms in total. The Morgan fingerprint density at radius 1 is 0.886 bits per heavy atom. The standard InChI is InChI=1S/C19H12F9NO4S2/c1-8(2)34-12-7-6-11-13-9(12)4-3-5-10(13)14(30)29(15(11)31)33-35-19(26,27)17(22,32-28)16(20,21)18(23,24)25/h3-8H,1-2H3. The number of alkyl halides is 8. The second-order valence-electron chi connectivity index (χ2n) is 7.33. The molecule has 1 atom stereocenters. The van der Waals surface area contributed by atoms with Crippen molar-refractivity contribution >= 4 is 46.4 Å². The minimum Gasteiger partial charge on any atom is -0.266 e. The molecule has 1 aliphatic rings. The van der Waals surface area contributed by atoms with Gasteiger partial charge < -0.3 is 0 Å². The lowest BCUT2D eigenvalue weighted by atomic mass is 9.95. The molecule has 0 aromatic heterocycles. The highest BCUT2D eigenvalue weighted by Crippen LogP contribution is 2.57. The van der Waals surface area contributed by atoms with E-state index in [4.69, 9.17) is 0 Å². The first-order valence-electron chi connectivity index (χ1n) is 9.28. The monoisotopic (exact) mass is 553 g/mol. The molecule has 0 N–H and O–H groups in total. The van der Waals surface area contributed by atoms with E-state index in [-0.39, 0.29) is 21.8 Å². The van der Waals surface area contributed by atoms with Crippen LogP contribution in [0.4, 0.5) is 39.6 Å². The van der Waals surface area contributed by atoms with Gasteiger partial charge in [0.2, 0.25) is 0 Å². The molecule has 0 radical (unpaired) electrons. The fraction of sp³-hybridized carbons (Fsp3) is 0.368. The quantitative estimate of drug-likeness (QED) is 0.154. The highest BCUT2D eigenvalue weighted by atomic mass is 32.2. The van der Waals surface area contributed by atoms with Gasteiger partial charge in [0.1, 0.15) is 12.0 Å². The fourth-order valence-electron chi connectivity index (χ4n) is 3.07. The van der Waals surface area contributed by atoms with Gasteiger partial charge >= 0.3 is 23.2 Å². The number of carbonyl (C=O) groups excluding carboxylic acids is 2. The molecular weight excluding hydrogens is 541 g/mol. The summed E-state index contributed by atoms with van der Waals surface area (Å²) in [4.78, 5) is 27.9. The van der Waals surface area contributed by atoms with Crippen LogP contribution in [0.25, 0.3) is 10.8 Å². The normalized spacial score (nSPS) is 16.9. The van der Waals surface area contributed by atoms with Gasteiger partial charge in [0.15, 0.2) is 0 Å². The summed E-state index contributed by atoms with van der Waals surface area (Å²) < 4.78 is 123. The second-order valence-corrected chi connectivity index (χ2v) is 9.78. The van der Waals surface area contributed by atoms with Crippen molar-refractivity contribution in [2.75, 3.05) is 0 Å². The molecule has 3 rings (SSSR count). The van der Waals surface area contributed by atoms with Crippen LogP contribution in [-0.4, -0.2) is 45.3 Å². The number of carbonyl (C=O) groups is 2. The number of amides is 2. The minimum atomic E-state index is -7.06. The maximum absolute atomic E-state index is 14.1. The van der Waals surface area contributed by atoms with E-state index >= 15 is 0 Å². The SMILES string of the molecule is CC(C)Sc1ccc2c3c(cccc13)C(=O)N(OSC(F)(F)C(F)(OF)C(F)(F)C(F)(F)F)C2=O. The Labute approximate surface area is 199 Å². The molecule has 16 heteroatoms. The number of rotatable bonds is 8. The van der Waals surface area contributed by atoms with Crippen molar-refractivity contribution in [1.82, 2.24) is 5.06 Å². The predicted octanol–water partition coefficient (Wildman–Crippen LogP) is 6.87. The van der Waals surface area contributed by atoms with Crippen molar-refractivity contribution < 1.29 is 58.5 Å². The van der Waals surface area contributed by atoms with Gasteiger partial charge in [0.25, 0.3) is 11.8 Å². The van der Waals surface area contributed by atoms with Crippen molar-refractivity contribution in [2.45, 2.75) is 47.2 Å². The second kappa shape index (κ2) is 9.05. The fourth-order valence-corrected chi connectivity index (χ4v) is 4.59. The maximum atomic E-state index is 14.1. The smallest absolute Gasteiger partial charge is 0.266 e. The Balaban J connectivity index is 1.96. The van der Waals surface area contributed by atoms with E-state index in [2.05, 4.69) is 4.28 Å². The van der Waals surface area contributed by atoms with Crippen LogP contribution in [0, 0.1) is 0 Å². The van der Waals surface area contributed by atoms with Gasteiger partial charge in [0.05, 0.1) is 11.1 Å². The third-order valence-electron chi connectivity index (χ3n) is 4.65. The molecule has 1 aliphatic heterocycles. The van der Waals surface area contributed by atoms with E-state index < -0.39 is 52.1 Å². The number of thioether (sulfide) groups is 1. The average molecular weight is 553 g/mol. The molecule has 0 fully saturated rings. The number of hydroxylamine groups is 2. The van der Waals surface area contributed by atoms with Crippen LogP contribution in [-0.2, 0) is 9.23 Å². The van der Waals surface area contributed by atoms with E-state index in [9.17, 15) is 49.2 Å². The van der Waals surface area contributed by atoms with Crippen LogP contribution in [0.1, 0.15) is 34.6 Å². The highest BCUT2D eigenvalue weighted by Gasteiger charge is 2.84. The summed E-state index contributed by atoms with van der Waals surface area (Å²) in [5.74, 6) is -16.5. The van der Waals surface area contributed by atoms with E-state index in [1.807, 2.05) is 13.8 Å². The predicted molar refractivity (Wildman–Crippen MR) is 106 cm³/mol. The summed E-state index contributed by atoms with van der Waals surface area (Å²) in [6.45, 7) is 3.75. The summed E-state index contributed by atoms with van der Waals surface area (Å²) >= 11 is -0.449. The van der Waals surface area contributed by atoms with Crippen LogP contribution in [0.3, 0.4) is 0 Å². The Bertz CT molecular complexity index is 1150. The third kappa shape index (κ3) is 4.34. The van der Waals surface area contributed by atoms with E-state index in [0.29, 0.717) is 10.3 Å². The summed E-state index contributed by atoms with van der Waals surface area (Å²) in [5.41, 5.74) is -0.526. The molecule has 0 saturated carbocycles. The van der Waals surface area contributed by atoms with Gasteiger partial charge in [0, 0.05) is 15.5 Å². The molecule has 2 aromatic carbocycles. The molecule has 2 amide bonds. The first-order valence-corrected chi connectivity index (χ1v) is 10.9. The number of hydrogen-bond donors (Lipinski definition) is 0. The zero-order valence-electron chi connectivity index (χ0n) is 17.3. The molecule has 1 unspecified atom stereocenters. The maximum Gasteiger partial charge on any atom is 0.459 e. The number of halogens is 9. The summed E-state index contributed by atoms with van der Waals surface area (Å²) in [6.07, 6.45) is -7.01. The number of imide groups is 1. The Kier molecular flexibility index (Phi) is 7.09. The molecule has 0 aliphatic carbocycles. The van der Waals surface area contributed by atoms with Crippen LogP contribution >= 0.6 is 23.8 Å². The van der Waals surface area contributed by atoms with Crippen molar-refractivity contribution in [3.8, 4) is 0 Å². The van der Waals surface area contributed by atoms with Crippen molar-refractivity contribution in [1.29, 1.82) is 0 Å². The third-order valence-corrected chi connectivity index (χ3v) is 6.43. The van der Waals surface area contributed by atoms with Crippen LogP contribution < -0.4 is 0 Å². The topological polar surface area (TPSA) is 55.8 Å². The lowest BCUT2D eigenvalue weighted by Crippen LogP contribution is -2.63. The molecular formula is C19H12F9NO4S2. The Hall–Kier alpha value is -2.17. The molecule has 0 spiro atoms. The van der Waals surface area contributed by atoms with Crippen LogP contribution in [0.5, 0.6) is 0 Å². The first kappa shape index (κ1) is 27.4. The zero-order valence-corrected chi connectivity index (χ0v) is 18.9. The van der Waals surface area contributed by atoms with Crippen molar-refractivity contribution in [3.05, 3.63) is 41.5 Å². The Morgan fingerprint density at radius 3 is 1.97 bits per heavy atom. The minimum absolute atomic E-state index is 0.0917. The molecule has 1 heterocycles. The summed E-state index contributed by atoms with van der Waals surface area (Å²) in [6, 6.07) is 6.82. The van der Waals surface area contributed by atoms with Crippen LogP contribution in [0.2, 0.25) is 0 Å². The molecule has 2 aromatic rings. The van der Waals surface area contributed by atoms with Gasteiger partial charge in [-0.3, -0.25) is 9.59 Å². The average Bonchev–Trinajstić information content (AvgIpc) is 2.76. The van der Waals surface area contributed by atoms with E-state index in [1.54, 1.807) is 11.0 Å². The summed E-state index contributed by atoms with van der Waals surface area (Å²) in [5, 5.41) is -5.87. The largest absolute Gasteiger partial charge is 0.459 e. The van der Waals surface area contributed by atoms with Crippen molar-refractivity contribution in [3.63, 3.8) is 0 Å². The van der Waals surface area contributed by atoms with Crippen molar-refractivity contribution in [2.24, 2.45) is 0 Å². The lowest BCUT2D eigenvalue weighted by Gasteiger charge is -2.35.